The van der Waals surface area contributed by atoms with E-state index in [1.165, 1.54) is 4.90 Å². The molecule has 0 bridgehead atoms. The molecule has 1 heterocycles. The zero-order valence-electron chi connectivity index (χ0n) is 14.1. The Labute approximate surface area is 146 Å². The SMILES string of the molecule is Cc1ccccc1-c1cc(O)c2c(c1)CN(C(=O)C(O)CN)CCO2. The highest BCUT2D eigenvalue weighted by molar-refractivity contribution is 5.81. The van der Waals surface area contributed by atoms with Gasteiger partial charge in [0.1, 0.15) is 12.7 Å². The van der Waals surface area contributed by atoms with Gasteiger partial charge in [0.15, 0.2) is 11.5 Å². The van der Waals surface area contributed by atoms with Gasteiger partial charge in [-0.25, -0.2) is 0 Å². The summed E-state index contributed by atoms with van der Waals surface area (Å²) in [6.07, 6.45) is -1.23. The van der Waals surface area contributed by atoms with E-state index >= 15 is 0 Å². The number of phenolic OH excluding ortho intramolecular Hbond substituents is 1. The van der Waals surface area contributed by atoms with Crippen LogP contribution in [0.2, 0.25) is 0 Å². The van der Waals surface area contributed by atoms with Gasteiger partial charge >= 0.3 is 0 Å². The van der Waals surface area contributed by atoms with Crippen LogP contribution < -0.4 is 10.5 Å². The van der Waals surface area contributed by atoms with Crippen molar-refractivity contribution in [2.75, 3.05) is 19.7 Å². The number of aliphatic hydroxyl groups is 1. The molecule has 3 rings (SSSR count). The van der Waals surface area contributed by atoms with Crippen LogP contribution in [0.4, 0.5) is 0 Å². The molecule has 0 saturated heterocycles. The number of rotatable bonds is 3. The summed E-state index contributed by atoms with van der Waals surface area (Å²) in [5.74, 6) is -0.000896. The number of hydrogen-bond donors (Lipinski definition) is 3. The van der Waals surface area contributed by atoms with Gasteiger partial charge in [-0.05, 0) is 35.7 Å². The second-order valence-corrected chi connectivity index (χ2v) is 6.16. The maximum Gasteiger partial charge on any atom is 0.253 e. The zero-order valence-corrected chi connectivity index (χ0v) is 14.1. The molecule has 0 radical (unpaired) electrons. The van der Waals surface area contributed by atoms with E-state index in [9.17, 15) is 15.0 Å². The second-order valence-electron chi connectivity index (χ2n) is 6.16. The maximum absolute atomic E-state index is 12.3. The molecule has 2 aromatic carbocycles. The summed E-state index contributed by atoms with van der Waals surface area (Å²) in [6, 6.07) is 11.5. The molecule has 1 aliphatic rings. The van der Waals surface area contributed by atoms with Crippen LogP contribution in [0, 0.1) is 6.92 Å². The first-order chi connectivity index (χ1) is 12.0. The van der Waals surface area contributed by atoms with Crippen LogP contribution in [0.25, 0.3) is 11.1 Å². The van der Waals surface area contributed by atoms with Crippen molar-refractivity contribution in [3.63, 3.8) is 0 Å². The Morgan fingerprint density at radius 3 is 2.84 bits per heavy atom. The lowest BCUT2D eigenvalue weighted by molar-refractivity contribution is -0.140. The lowest BCUT2D eigenvalue weighted by atomic mass is 9.97. The number of ether oxygens (including phenoxy) is 1. The van der Waals surface area contributed by atoms with Crippen LogP contribution in [0.15, 0.2) is 36.4 Å². The number of phenols is 1. The minimum Gasteiger partial charge on any atom is -0.504 e. The molecule has 2 aromatic rings. The summed E-state index contributed by atoms with van der Waals surface area (Å²) in [4.78, 5) is 13.8. The van der Waals surface area contributed by atoms with Crippen molar-refractivity contribution in [2.45, 2.75) is 19.6 Å². The van der Waals surface area contributed by atoms with Gasteiger partial charge in [-0.15, -0.1) is 0 Å². The third-order valence-electron chi connectivity index (χ3n) is 4.39. The average molecular weight is 342 g/mol. The highest BCUT2D eigenvalue weighted by Crippen LogP contribution is 2.38. The van der Waals surface area contributed by atoms with Crippen LogP contribution in [0.5, 0.6) is 11.5 Å². The van der Waals surface area contributed by atoms with Crippen molar-refractivity contribution in [1.82, 2.24) is 4.90 Å². The molecule has 6 heteroatoms. The zero-order chi connectivity index (χ0) is 18.0. The molecule has 1 atom stereocenters. The molecular formula is C19H22N2O4. The number of carbonyl (C=O) groups excluding carboxylic acids is 1. The monoisotopic (exact) mass is 342 g/mol. The lowest BCUT2D eigenvalue weighted by Gasteiger charge is -2.22. The van der Waals surface area contributed by atoms with Gasteiger partial charge in [0.05, 0.1) is 6.54 Å². The van der Waals surface area contributed by atoms with Gasteiger partial charge in [-0.1, -0.05) is 24.3 Å². The van der Waals surface area contributed by atoms with Crippen molar-refractivity contribution < 1.29 is 19.7 Å². The average Bonchev–Trinajstić information content (AvgIpc) is 2.83. The van der Waals surface area contributed by atoms with E-state index in [4.69, 9.17) is 10.5 Å². The summed E-state index contributed by atoms with van der Waals surface area (Å²) in [6.45, 7) is 2.69. The predicted molar refractivity (Wildman–Crippen MR) is 94.3 cm³/mol. The Kier molecular flexibility index (Phi) is 4.92. The molecule has 25 heavy (non-hydrogen) atoms. The molecule has 0 spiro atoms. The van der Waals surface area contributed by atoms with Crippen molar-refractivity contribution in [3.05, 3.63) is 47.5 Å². The van der Waals surface area contributed by atoms with E-state index in [-0.39, 0.29) is 25.4 Å². The molecule has 0 fully saturated rings. The summed E-state index contributed by atoms with van der Waals surface area (Å²) < 4.78 is 5.64. The standard InChI is InChI=1S/C19H22N2O4/c1-12-4-2-3-5-15(12)13-8-14-11-21(19(24)17(23)10-20)6-7-25-18(14)16(22)9-13/h2-5,8-9,17,22-23H,6-7,10-11,20H2,1H3. The molecule has 4 N–H and O–H groups in total. The highest BCUT2D eigenvalue weighted by Gasteiger charge is 2.26. The van der Waals surface area contributed by atoms with E-state index in [0.29, 0.717) is 17.9 Å². The van der Waals surface area contributed by atoms with E-state index in [0.717, 1.165) is 16.7 Å². The fraction of sp³-hybridized carbons (Fsp3) is 0.316. The lowest BCUT2D eigenvalue weighted by Crippen LogP contribution is -2.43. The minimum absolute atomic E-state index is 0.0458. The van der Waals surface area contributed by atoms with Crippen molar-refractivity contribution in [2.24, 2.45) is 5.73 Å². The van der Waals surface area contributed by atoms with Gasteiger partial charge in [0.25, 0.3) is 5.91 Å². The third kappa shape index (κ3) is 3.45. The number of nitrogens with zero attached hydrogens (tertiary/aromatic N) is 1. The van der Waals surface area contributed by atoms with Crippen LogP contribution >= 0.6 is 0 Å². The summed E-state index contributed by atoms with van der Waals surface area (Å²) in [5, 5.41) is 20.1. The number of carbonyl (C=O) groups is 1. The molecule has 0 aromatic heterocycles. The second kappa shape index (κ2) is 7.13. The maximum atomic E-state index is 12.3. The predicted octanol–water partition coefficient (Wildman–Crippen LogP) is 1.41. The number of aryl methyl sites for hydroxylation is 1. The fourth-order valence-corrected chi connectivity index (χ4v) is 3.05. The van der Waals surface area contributed by atoms with Crippen LogP contribution in [0.1, 0.15) is 11.1 Å². The normalized spacial score (nSPS) is 15.1. The molecule has 6 nitrogen and oxygen atoms in total. The van der Waals surface area contributed by atoms with E-state index in [1.54, 1.807) is 6.07 Å². The third-order valence-corrected chi connectivity index (χ3v) is 4.39. The fourth-order valence-electron chi connectivity index (χ4n) is 3.05. The summed E-state index contributed by atoms with van der Waals surface area (Å²) >= 11 is 0. The van der Waals surface area contributed by atoms with E-state index < -0.39 is 12.0 Å². The number of fused-ring (bicyclic) bond motifs is 1. The number of nitrogens with two attached hydrogens (primary N) is 1. The Balaban J connectivity index is 1.99. The van der Waals surface area contributed by atoms with Crippen LogP contribution in [0.3, 0.4) is 0 Å². The minimum atomic E-state index is -1.23. The van der Waals surface area contributed by atoms with E-state index in [2.05, 4.69) is 0 Å². The number of aliphatic hydroxyl groups excluding tert-OH is 1. The highest BCUT2D eigenvalue weighted by atomic mass is 16.5. The number of benzene rings is 2. The molecule has 0 saturated carbocycles. The van der Waals surface area contributed by atoms with Gasteiger partial charge in [-0.3, -0.25) is 4.79 Å². The quantitative estimate of drug-likeness (QED) is 0.784. The Morgan fingerprint density at radius 1 is 1.36 bits per heavy atom. The molecule has 1 unspecified atom stereocenters. The summed E-state index contributed by atoms with van der Waals surface area (Å²) in [7, 11) is 0. The van der Waals surface area contributed by atoms with Gasteiger partial charge in [-0.2, -0.15) is 0 Å². The first-order valence-corrected chi connectivity index (χ1v) is 8.23. The number of amides is 1. The van der Waals surface area contributed by atoms with Crippen LogP contribution in [-0.2, 0) is 11.3 Å². The van der Waals surface area contributed by atoms with Crippen molar-refractivity contribution in [1.29, 1.82) is 0 Å². The molecule has 1 amide bonds. The smallest absolute Gasteiger partial charge is 0.253 e. The summed E-state index contributed by atoms with van der Waals surface area (Å²) in [5.41, 5.74) is 9.03. The van der Waals surface area contributed by atoms with Crippen molar-refractivity contribution in [3.8, 4) is 22.6 Å². The topological polar surface area (TPSA) is 96.0 Å². The Bertz CT molecular complexity index is 791. The molecule has 0 aliphatic carbocycles. The van der Waals surface area contributed by atoms with E-state index in [1.807, 2.05) is 37.3 Å². The van der Waals surface area contributed by atoms with Gasteiger partial charge in [0, 0.05) is 18.7 Å². The molecule has 132 valence electrons. The molecular weight excluding hydrogens is 320 g/mol. The Morgan fingerprint density at radius 2 is 2.12 bits per heavy atom. The first kappa shape index (κ1) is 17.3. The van der Waals surface area contributed by atoms with Crippen LogP contribution in [-0.4, -0.2) is 46.8 Å². The number of hydrogen-bond acceptors (Lipinski definition) is 5. The van der Waals surface area contributed by atoms with Gasteiger partial charge in [0.2, 0.25) is 0 Å². The van der Waals surface area contributed by atoms with Crippen molar-refractivity contribution >= 4 is 5.91 Å². The molecule has 1 aliphatic heterocycles. The number of aromatic hydroxyl groups is 1. The Hall–Kier alpha value is -2.57. The first-order valence-electron chi connectivity index (χ1n) is 8.23. The van der Waals surface area contributed by atoms with Gasteiger partial charge < -0.3 is 25.6 Å². The largest absolute Gasteiger partial charge is 0.504 e.